The second-order valence-corrected chi connectivity index (χ2v) is 6.08. The number of fused-ring (bicyclic) bond motifs is 1. The predicted octanol–water partition coefficient (Wildman–Crippen LogP) is 4.30. The maximum atomic E-state index is 12.4. The summed E-state index contributed by atoms with van der Waals surface area (Å²) in [5, 5.41) is 8.20. The van der Waals surface area contributed by atoms with E-state index < -0.39 is 0 Å². The molecule has 0 saturated heterocycles. The third-order valence-electron chi connectivity index (χ3n) is 4.20. The molecular weight excluding hydrogens is 336 g/mol. The number of hydrogen-bond acceptors (Lipinski definition) is 4. The fourth-order valence-corrected chi connectivity index (χ4v) is 2.84. The molecule has 2 aromatic carbocycles. The molecule has 0 unspecified atom stereocenters. The van der Waals surface area contributed by atoms with Crippen molar-refractivity contribution in [1.82, 2.24) is 15.3 Å². The first-order valence-electron chi connectivity index (χ1n) is 8.69. The first kappa shape index (κ1) is 16.7. The molecule has 0 radical (unpaired) electrons. The van der Waals surface area contributed by atoms with Gasteiger partial charge in [0.05, 0.1) is 0 Å². The van der Waals surface area contributed by atoms with Crippen LogP contribution in [0.15, 0.2) is 85.1 Å². The van der Waals surface area contributed by atoms with Gasteiger partial charge in [-0.05, 0) is 29.1 Å². The minimum Gasteiger partial charge on any atom is -0.347 e. The summed E-state index contributed by atoms with van der Waals surface area (Å²) in [5.41, 5.74) is 1.40. The van der Waals surface area contributed by atoms with E-state index in [-0.39, 0.29) is 5.91 Å². The fourth-order valence-electron chi connectivity index (χ4n) is 2.84. The van der Waals surface area contributed by atoms with Crippen molar-refractivity contribution in [3.63, 3.8) is 0 Å². The quantitative estimate of drug-likeness (QED) is 0.561. The summed E-state index contributed by atoms with van der Waals surface area (Å²) in [5.74, 6) is 1.07. The van der Waals surface area contributed by atoms with Gasteiger partial charge in [-0.25, -0.2) is 9.97 Å². The Morgan fingerprint density at radius 1 is 0.852 bits per heavy atom. The Balaban J connectivity index is 1.51. The molecule has 132 valence electrons. The van der Waals surface area contributed by atoms with Crippen LogP contribution in [-0.2, 0) is 6.54 Å². The van der Waals surface area contributed by atoms with Crippen LogP contribution in [0.3, 0.4) is 0 Å². The molecular formula is C22H18N4O. The van der Waals surface area contributed by atoms with E-state index in [2.05, 4.69) is 20.6 Å². The van der Waals surface area contributed by atoms with Crippen LogP contribution in [0, 0.1) is 0 Å². The number of hydrogen-bond donors (Lipinski definition) is 2. The van der Waals surface area contributed by atoms with Crippen LogP contribution < -0.4 is 10.6 Å². The van der Waals surface area contributed by atoms with Gasteiger partial charge in [-0.2, -0.15) is 0 Å². The van der Waals surface area contributed by atoms with E-state index in [0.29, 0.717) is 23.9 Å². The Morgan fingerprint density at radius 3 is 2.56 bits per heavy atom. The minimum absolute atomic E-state index is 0.214. The highest BCUT2D eigenvalue weighted by Gasteiger charge is 2.09. The van der Waals surface area contributed by atoms with Gasteiger partial charge >= 0.3 is 0 Å². The van der Waals surface area contributed by atoms with E-state index >= 15 is 0 Å². The zero-order chi connectivity index (χ0) is 18.5. The Labute approximate surface area is 157 Å². The highest BCUT2D eigenvalue weighted by molar-refractivity contribution is 5.94. The van der Waals surface area contributed by atoms with E-state index in [1.165, 1.54) is 0 Å². The van der Waals surface area contributed by atoms with E-state index in [1.807, 2.05) is 66.7 Å². The highest BCUT2D eigenvalue weighted by Crippen LogP contribution is 2.23. The summed E-state index contributed by atoms with van der Waals surface area (Å²) in [6, 6.07) is 25.0. The van der Waals surface area contributed by atoms with E-state index in [4.69, 9.17) is 0 Å². The molecule has 0 saturated carbocycles. The third kappa shape index (κ3) is 3.93. The van der Waals surface area contributed by atoms with E-state index in [9.17, 15) is 4.79 Å². The number of nitrogens with zero attached hydrogens (tertiary/aromatic N) is 2. The molecule has 0 bridgehead atoms. The smallest absolute Gasteiger partial charge is 0.270 e. The summed E-state index contributed by atoms with van der Waals surface area (Å²) in [6.45, 7) is 0.462. The van der Waals surface area contributed by atoms with E-state index in [0.717, 1.165) is 16.3 Å². The molecule has 0 aliphatic heterocycles. The lowest BCUT2D eigenvalue weighted by molar-refractivity contribution is 0.0946. The second kappa shape index (κ2) is 7.66. The molecule has 27 heavy (non-hydrogen) atoms. The number of carbonyl (C=O) groups is 1. The molecule has 0 aliphatic rings. The van der Waals surface area contributed by atoms with Crippen molar-refractivity contribution in [2.24, 2.45) is 0 Å². The number of nitrogens with one attached hydrogen (secondary N) is 2. The average molecular weight is 354 g/mol. The lowest BCUT2D eigenvalue weighted by Gasteiger charge is -2.09. The highest BCUT2D eigenvalue weighted by atomic mass is 16.1. The van der Waals surface area contributed by atoms with Crippen molar-refractivity contribution in [2.45, 2.75) is 6.54 Å². The molecule has 4 aromatic rings. The van der Waals surface area contributed by atoms with Gasteiger partial charge in [-0.1, -0.05) is 60.7 Å². The van der Waals surface area contributed by atoms with Gasteiger partial charge in [-0.15, -0.1) is 0 Å². The van der Waals surface area contributed by atoms with Gasteiger partial charge in [0, 0.05) is 18.1 Å². The predicted molar refractivity (Wildman–Crippen MR) is 107 cm³/mol. The van der Waals surface area contributed by atoms with Gasteiger partial charge in [0.2, 0.25) is 0 Å². The Hall–Kier alpha value is -3.73. The zero-order valence-electron chi connectivity index (χ0n) is 14.6. The van der Waals surface area contributed by atoms with Crippen molar-refractivity contribution in [3.8, 4) is 0 Å². The molecule has 5 nitrogen and oxygen atoms in total. The Kier molecular flexibility index (Phi) is 4.74. The van der Waals surface area contributed by atoms with Gasteiger partial charge in [0.1, 0.15) is 17.3 Å². The number of rotatable bonds is 5. The summed E-state index contributed by atoms with van der Waals surface area (Å²) in [4.78, 5) is 21.2. The number of aromatic nitrogens is 2. The monoisotopic (exact) mass is 354 g/mol. The van der Waals surface area contributed by atoms with Gasteiger partial charge in [0.15, 0.2) is 0 Å². The lowest BCUT2D eigenvalue weighted by atomic mass is 10.1. The number of pyridine rings is 2. The summed E-state index contributed by atoms with van der Waals surface area (Å²) >= 11 is 0. The van der Waals surface area contributed by atoms with Gasteiger partial charge in [-0.3, -0.25) is 4.79 Å². The Morgan fingerprint density at radius 2 is 1.67 bits per heavy atom. The van der Waals surface area contributed by atoms with Crippen LogP contribution in [0.5, 0.6) is 0 Å². The van der Waals surface area contributed by atoms with Crippen molar-refractivity contribution in [2.75, 3.05) is 5.32 Å². The summed E-state index contributed by atoms with van der Waals surface area (Å²) in [6.07, 6.45) is 1.75. The largest absolute Gasteiger partial charge is 0.347 e. The molecule has 2 heterocycles. The number of carbonyl (C=O) groups excluding carboxylic acids is 1. The molecule has 4 rings (SSSR count). The molecule has 0 atom stereocenters. The second-order valence-electron chi connectivity index (χ2n) is 6.08. The topological polar surface area (TPSA) is 66.9 Å². The average Bonchev–Trinajstić information content (AvgIpc) is 2.73. The number of amides is 1. The van der Waals surface area contributed by atoms with Crippen molar-refractivity contribution >= 4 is 28.3 Å². The zero-order valence-corrected chi connectivity index (χ0v) is 14.6. The van der Waals surface area contributed by atoms with Crippen LogP contribution in [0.2, 0.25) is 0 Å². The summed E-state index contributed by atoms with van der Waals surface area (Å²) < 4.78 is 0. The van der Waals surface area contributed by atoms with Gasteiger partial charge in [0.25, 0.3) is 5.91 Å². The van der Waals surface area contributed by atoms with Crippen LogP contribution in [0.1, 0.15) is 16.1 Å². The molecule has 2 N–H and O–H groups in total. The summed E-state index contributed by atoms with van der Waals surface area (Å²) in [7, 11) is 0. The molecule has 5 heteroatoms. The van der Waals surface area contributed by atoms with Crippen molar-refractivity contribution in [3.05, 3.63) is 96.3 Å². The SMILES string of the molecule is O=C(NCc1ccccc1)c1cccc(Nc2nccc3ccccc23)n1. The van der Waals surface area contributed by atoms with E-state index in [1.54, 1.807) is 18.3 Å². The fraction of sp³-hybridized carbons (Fsp3) is 0.0455. The van der Waals surface area contributed by atoms with Crippen LogP contribution in [0.4, 0.5) is 11.6 Å². The lowest BCUT2D eigenvalue weighted by Crippen LogP contribution is -2.23. The maximum Gasteiger partial charge on any atom is 0.270 e. The number of anilines is 2. The number of benzene rings is 2. The first-order chi connectivity index (χ1) is 13.3. The molecule has 0 fully saturated rings. The van der Waals surface area contributed by atoms with Crippen molar-refractivity contribution in [1.29, 1.82) is 0 Å². The third-order valence-corrected chi connectivity index (χ3v) is 4.20. The van der Waals surface area contributed by atoms with Crippen LogP contribution in [-0.4, -0.2) is 15.9 Å². The van der Waals surface area contributed by atoms with Crippen LogP contribution in [0.25, 0.3) is 10.8 Å². The normalized spacial score (nSPS) is 10.5. The first-order valence-corrected chi connectivity index (χ1v) is 8.69. The molecule has 2 aromatic heterocycles. The van der Waals surface area contributed by atoms with Crippen molar-refractivity contribution < 1.29 is 4.79 Å². The standard InChI is InChI=1S/C22H18N4O/c27-22(24-15-16-7-2-1-3-8-16)19-11-6-12-20(25-19)26-21-18-10-5-4-9-17(18)13-14-23-21/h1-14H,15H2,(H,24,27)(H,23,25,26). The van der Waals surface area contributed by atoms with Crippen LogP contribution >= 0.6 is 0 Å². The maximum absolute atomic E-state index is 12.4. The molecule has 1 amide bonds. The minimum atomic E-state index is -0.214. The molecule has 0 spiro atoms. The van der Waals surface area contributed by atoms with Gasteiger partial charge < -0.3 is 10.6 Å². The Bertz CT molecular complexity index is 1070. The molecule has 0 aliphatic carbocycles.